The van der Waals surface area contributed by atoms with Crippen molar-refractivity contribution in [1.82, 2.24) is 9.97 Å². The first kappa shape index (κ1) is 10.8. The molecule has 0 aliphatic carbocycles. The average molecular weight is 250 g/mol. The van der Waals surface area contributed by atoms with E-state index in [0.717, 1.165) is 42.6 Å². The molecule has 1 amide bonds. The molecule has 3 heterocycles. The zero-order chi connectivity index (χ0) is 11.8. The van der Waals surface area contributed by atoms with Crippen LogP contribution in [0.1, 0.15) is 12.8 Å². The third kappa shape index (κ3) is 1.67. The second-order valence-corrected chi connectivity index (χ2v) is 5.09. The quantitative estimate of drug-likeness (QED) is 0.447. The van der Waals surface area contributed by atoms with Gasteiger partial charge in [-0.05, 0) is 19.1 Å². The molecule has 0 bridgehead atoms. The molecule has 0 spiro atoms. The summed E-state index contributed by atoms with van der Waals surface area (Å²) in [5.74, 6) is 0.921. The van der Waals surface area contributed by atoms with E-state index in [1.54, 1.807) is 11.1 Å². The third-order valence-corrected chi connectivity index (χ3v) is 3.97. The SMILES string of the molecule is CSc1ncc2c(n1)N1CCCC1CN2C=O. The van der Waals surface area contributed by atoms with Crippen molar-refractivity contribution >= 4 is 29.7 Å². The highest BCUT2D eigenvalue weighted by Crippen LogP contribution is 2.37. The molecular formula is C11H14N4OS. The number of rotatable bonds is 2. The summed E-state index contributed by atoms with van der Waals surface area (Å²) >= 11 is 1.53. The Labute approximate surface area is 104 Å². The summed E-state index contributed by atoms with van der Waals surface area (Å²) in [7, 11) is 0. The van der Waals surface area contributed by atoms with Crippen LogP contribution in [0.25, 0.3) is 0 Å². The van der Waals surface area contributed by atoms with Crippen LogP contribution in [0, 0.1) is 0 Å². The van der Waals surface area contributed by atoms with E-state index < -0.39 is 0 Å². The normalized spacial score (nSPS) is 22.3. The molecule has 0 saturated carbocycles. The van der Waals surface area contributed by atoms with Gasteiger partial charge in [0.05, 0.1) is 6.20 Å². The molecule has 1 fully saturated rings. The summed E-state index contributed by atoms with van der Waals surface area (Å²) in [5, 5.41) is 0.766. The van der Waals surface area contributed by atoms with Crippen LogP contribution < -0.4 is 9.80 Å². The zero-order valence-corrected chi connectivity index (χ0v) is 10.5. The number of amides is 1. The largest absolute Gasteiger partial charge is 0.350 e. The van der Waals surface area contributed by atoms with E-state index in [2.05, 4.69) is 14.9 Å². The molecule has 0 radical (unpaired) electrons. The number of hydrogen-bond donors (Lipinski definition) is 0. The second kappa shape index (κ2) is 4.18. The van der Waals surface area contributed by atoms with Crippen LogP contribution in [0.4, 0.5) is 11.5 Å². The summed E-state index contributed by atoms with van der Waals surface area (Å²) in [4.78, 5) is 24.0. The highest BCUT2D eigenvalue weighted by molar-refractivity contribution is 7.98. The Morgan fingerprint density at radius 1 is 1.59 bits per heavy atom. The Kier molecular flexibility index (Phi) is 2.66. The Morgan fingerprint density at radius 2 is 2.47 bits per heavy atom. The molecule has 0 N–H and O–H groups in total. The maximum Gasteiger partial charge on any atom is 0.214 e. The molecule has 5 nitrogen and oxygen atoms in total. The molecule has 3 rings (SSSR count). The van der Waals surface area contributed by atoms with Gasteiger partial charge in [0, 0.05) is 19.1 Å². The van der Waals surface area contributed by atoms with Gasteiger partial charge < -0.3 is 9.80 Å². The summed E-state index contributed by atoms with van der Waals surface area (Å²) in [6, 6.07) is 0.428. The molecule has 1 atom stereocenters. The van der Waals surface area contributed by atoms with E-state index in [9.17, 15) is 4.79 Å². The van der Waals surface area contributed by atoms with Gasteiger partial charge in [-0.2, -0.15) is 0 Å². The number of aromatic nitrogens is 2. The van der Waals surface area contributed by atoms with Crippen molar-refractivity contribution < 1.29 is 4.79 Å². The number of carbonyl (C=O) groups is 1. The number of fused-ring (bicyclic) bond motifs is 3. The first-order valence-electron chi connectivity index (χ1n) is 5.73. The van der Waals surface area contributed by atoms with Crippen molar-refractivity contribution in [1.29, 1.82) is 0 Å². The summed E-state index contributed by atoms with van der Waals surface area (Å²) in [5.41, 5.74) is 0.843. The topological polar surface area (TPSA) is 49.3 Å². The highest BCUT2D eigenvalue weighted by atomic mass is 32.2. The van der Waals surface area contributed by atoms with E-state index in [4.69, 9.17) is 0 Å². The Balaban J connectivity index is 2.08. The van der Waals surface area contributed by atoms with Gasteiger partial charge in [0.15, 0.2) is 11.0 Å². The summed E-state index contributed by atoms with van der Waals surface area (Å²) in [6.07, 6.45) is 6.93. The fourth-order valence-electron chi connectivity index (χ4n) is 2.59. The lowest BCUT2D eigenvalue weighted by molar-refractivity contribution is -0.107. The van der Waals surface area contributed by atoms with Gasteiger partial charge in [-0.15, -0.1) is 0 Å². The molecule has 0 aromatic carbocycles. The van der Waals surface area contributed by atoms with Gasteiger partial charge >= 0.3 is 0 Å². The Hall–Kier alpha value is -1.30. The van der Waals surface area contributed by atoms with E-state index in [0.29, 0.717) is 6.04 Å². The van der Waals surface area contributed by atoms with Crippen LogP contribution in [0.3, 0.4) is 0 Å². The first-order chi connectivity index (χ1) is 8.33. The van der Waals surface area contributed by atoms with Crippen molar-refractivity contribution in [2.75, 3.05) is 29.1 Å². The van der Waals surface area contributed by atoms with Crippen LogP contribution in [-0.4, -0.2) is 41.8 Å². The van der Waals surface area contributed by atoms with Crippen molar-refractivity contribution in [2.24, 2.45) is 0 Å². The smallest absolute Gasteiger partial charge is 0.214 e. The molecule has 1 aromatic heterocycles. The number of anilines is 2. The van der Waals surface area contributed by atoms with Crippen LogP contribution in [0.5, 0.6) is 0 Å². The minimum atomic E-state index is 0.428. The molecule has 90 valence electrons. The van der Waals surface area contributed by atoms with Crippen LogP contribution >= 0.6 is 11.8 Å². The highest BCUT2D eigenvalue weighted by Gasteiger charge is 2.35. The summed E-state index contributed by atoms with van der Waals surface area (Å²) < 4.78 is 0. The second-order valence-electron chi connectivity index (χ2n) is 4.31. The number of nitrogens with zero attached hydrogens (tertiary/aromatic N) is 4. The van der Waals surface area contributed by atoms with Crippen LogP contribution in [0.15, 0.2) is 11.4 Å². The van der Waals surface area contributed by atoms with Gasteiger partial charge in [-0.25, -0.2) is 9.97 Å². The van der Waals surface area contributed by atoms with Crippen molar-refractivity contribution in [2.45, 2.75) is 24.0 Å². The molecule has 17 heavy (non-hydrogen) atoms. The molecule has 6 heteroatoms. The monoisotopic (exact) mass is 250 g/mol. The minimum Gasteiger partial charge on any atom is -0.350 e. The van der Waals surface area contributed by atoms with E-state index in [-0.39, 0.29) is 0 Å². The van der Waals surface area contributed by atoms with E-state index in [1.165, 1.54) is 18.2 Å². The van der Waals surface area contributed by atoms with Crippen molar-refractivity contribution in [3.05, 3.63) is 6.20 Å². The minimum absolute atomic E-state index is 0.428. The first-order valence-corrected chi connectivity index (χ1v) is 6.95. The lowest BCUT2D eigenvalue weighted by atomic mass is 10.1. The fraction of sp³-hybridized carbons (Fsp3) is 0.545. The molecule has 1 saturated heterocycles. The maximum atomic E-state index is 11.1. The van der Waals surface area contributed by atoms with Crippen molar-refractivity contribution in [3.8, 4) is 0 Å². The predicted octanol–water partition coefficient (Wildman–Crippen LogP) is 1.14. The molecule has 1 unspecified atom stereocenters. The van der Waals surface area contributed by atoms with E-state index in [1.807, 2.05) is 6.26 Å². The Bertz CT molecular complexity index is 453. The Morgan fingerprint density at radius 3 is 3.24 bits per heavy atom. The average Bonchev–Trinajstić information content (AvgIpc) is 2.85. The van der Waals surface area contributed by atoms with Crippen LogP contribution in [0.2, 0.25) is 0 Å². The fourth-order valence-corrected chi connectivity index (χ4v) is 2.93. The third-order valence-electron chi connectivity index (χ3n) is 3.40. The number of carbonyl (C=O) groups excluding carboxylic acids is 1. The van der Waals surface area contributed by atoms with E-state index >= 15 is 0 Å². The van der Waals surface area contributed by atoms with Crippen LogP contribution in [-0.2, 0) is 4.79 Å². The lowest BCUT2D eigenvalue weighted by Gasteiger charge is -2.37. The van der Waals surface area contributed by atoms with Gasteiger partial charge in [0.1, 0.15) is 5.69 Å². The van der Waals surface area contributed by atoms with Gasteiger partial charge in [0.25, 0.3) is 0 Å². The molecule has 2 aliphatic heterocycles. The number of thioether (sulfide) groups is 1. The predicted molar refractivity (Wildman–Crippen MR) is 67.6 cm³/mol. The standard InChI is InChI=1S/C11H14N4OS/c1-17-11-12-5-9-10(13-11)15-4-2-3-8(15)6-14(9)7-16/h5,7-8H,2-4,6H2,1H3. The molecule has 2 aliphatic rings. The van der Waals surface area contributed by atoms with Gasteiger partial charge in [-0.3, -0.25) is 4.79 Å². The molecular weight excluding hydrogens is 236 g/mol. The summed E-state index contributed by atoms with van der Waals surface area (Å²) in [6.45, 7) is 1.80. The van der Waals surface area contributed by atoms with Crippen molar-refractivity contribution in [3.63, 3.8) is 0 Å². The zero-order valence-electron chi connectivity index (χ0n) is 9.67. The van der Waals surface area contributed by atoms with Gasteiger partial charge in [0.2, 0.25) is 6.41 Å². The molecule has 1 aromatic rings. The van der Waals surface area contributed by atoms with Gasteiger partial charge in [-0.1, -0.05) is 11.8 Å². The lowest BCUT2D eigenvalue weighted by Crippen LogP contribution is -2.45. The maximum absolute atomic E-state index is 11.1. The number of hydrogen-bond acceptors (Lipinski definition) is 5.